The zero-order valence-electron chi connectivity index (χ0n) is 12.2. The van der Waals surface area contributed by atoms with Gasteiger partial charge in [-0.1, -0.05) is 6.92 Å². The average Bonchev–Trinajstić information content (AvgIpc) is 2.32. The van der Waals surface area contributed by atoms with Gasteiger partial charge in [0, 0.05) is 26.7 Å². The van der Waals surface area contributed by atoms with Crippen LogP contribution in [-0.4, -0.2) is 58.7 Å². The van der Waals surface area contributed by atoms with Crippen LogP contribution in [0.5, 0.6) is 0 Å². The molecule has 1 rings (SSSR count). The molecule has 0 bridgehead atoms. The highest BCUT2D eigenvalue weighted by Crippen LogP contribution is 2.23. The Morgan fingerprint density at radius 3 is 2.58 bits per heavy atom. The highest BCUT2D eigenvalue weighted by atomic mass is 32.2. The molecule has 1 aliphatic carbocycles. The molecule has 0 unspecified atom stereocenters. The predicted molar refractivity (Wildman–Crippen MR) is 76.3 cm³/mol. The summed E-state index contributed by atoms with van der Waals surface area (Å²) >= 11 is 0. The van der Waals surface area contributed by atoms with Crippen molar-refractivity contribution in [3.63, 3.8) is 0 Å². The fraction of sp³-hybridized carbons (Fsp3) is 1.00. The van der Waals surface area contributed by atoms with Gasteiger partial charge in [-0.05, 0) is 38.8 Å². The third-order valence-electron chi connectivity index (χ3n) is 3.41. The highest BCUT2D eigenvalue weighted by Gasteiger charge is 2.33. The Balaban J connectivity index is 2.20. The van der Waals surface area contributed by atoms with Gasteiger partial charge in [-0.2, -0.15) is 17.4 Å². The smallest absolute Gasteiger partial charge is 0.279 e. The largest absolute Gasteiger partial charge is 0.381 e. The van der Waals surface area contributed by atoms with Crippen molar-refractivity contribution in [1.82, 2.24) is 14.3 Å². The molecule has 0 aromatic heterocycles. The minimum absolute atomic E-state index is 0.0237. The van der Waals surface area contributed by atoms with E-state index in [9.17, 15) is 8.42 Å². The molecule has 2 N–H and O–H groups in total. The molecule has 0 amide bonds. The highest BCUT2D eigenvalue weighted by molar-refractivity contribution is 7.87. The molecule has 1 saturated carbocycles. The number of nitrogens with zero attached hydrogens (tertiary/aromatic N) is 1. The maximum Gasteiger partial charge on any atom is 0.279 e. The van der Waals surface area contributed by atoms with Crippen molar-refractivity contribution in [2.45, 2.75) is 44.8 Å². The Hall–Kier alpha value is -0.210. The maximum absolute atomic E-state index is 12.0. The number of hydrogen-bond donors (Lipinski definition) is 2. The molecule has 6 nitrogen and oxygen atoms in total. The van der Waals surface area contributed by atoms with Crippen LogP contribution in [-0.2, 0) is 14.9 Å². The molecular formula is C12H27N3O3S. The second-order valence-electron chi connectivity index (χ2n) is 5.07. The van der Waals surface area contributed by atoms with Crippen LogP contribution in [0.15, 0.2) is 0 Å². The fourth-order valence-corrected chi connectivity index (χ4v) is 3.17. The van der Waals surface area contributed by atoms with Gasteiger partial charge in [0.2, 0.25) is 0 Å². The lowest BCUT2D eigenvalue weighted by Gasteiger charge is -2.35. The second kappa shape index (κ2) is 8.16. The van der Waals surface area contributed by atoms with Crippen LogP contribution in [0.25, 0.3) is 0 Å². The summed E-state index contributed by atoms with van der Waals surface area (Å²) in [5, 5.41) is 3.26. The van der Waals surface area contributed by atoms with E-state index in [-0.39, 0.29) is 12.1 Å². The summed E-state index contributed by atoms with van der Waals surface area (Å²) in [6, 6.07) is 0.0237. The maximum atomic E-state index is 12.0. The van der Waals surface area contributed by atoms with Gasteiger partial charge in [0.1, 0.15) is 0 Å². The monoisotopic (exact) mass is 293 g/mol. The second-order valence-corrected chi connectivity index (χ2v) is 6.88. The lowest BCUT2D eigenvalue weighted by atomic mass is 9.90. The van der Waals surface area contributed by atoms with Crippen LogP contribution in [0.4, 0.5) is 0 Å². The predicted octanol–water partition coefficient (Wildman–Crippen LogP) is 0.320. The Labute approximate surface area is 117 Å². The van der Waals surface area contributed by atoms with Crippen molar-refractivity contribution in [2.24, 2.45) is 0 Å². The standard InChI is InChI=1S/C12H27N3O3S/c1-4-6-13-7-5-8-15(2)19(16,17)14-11-9-12(10-11)18-3/h11-14H,4-10H2,1-3H3. The molecule has 0 spiro atoms. The summed E-state index contributed by atoms with van der Waals surface area (Å²) in [5.41, 5.74) is 0. The lowest BCUT2D eigenvalue weighted by Crippen LogP contribution is -2.51. The van der Waals surface area contributed by atoms with Gasteiger partial charge < -0.3 is 10.1 Å². The van der Waals surface area contributed by atoms with Crippen LogP contribution in [0.1, 0.15) is 32.6 Å². The first kappa shape index (κ1) is 16.8. The number of hydrogen-bond acceptors (Lipinski definition) is 4. The van der Waals surface area contributed by atoms with Crippen molar-refractivity contribution < 1.29 is 13.2 Å². The van der Waals surface area contributed by atoms with E-state index in [0.717, 1.165) is 38.8 Å². The topological polar surface area (TPSA) is 70.7 Å². The Kier molecular flexibility index (Phi) is 7.23. The first-order valence-corrected chi connectivity index (χ1v) is 8.40. The third kappa shape index (κ3) is 5.74. The van der Waals surface area contributed by atoms with Crippen LogP contribution in [0.3, 0.4) is 0 Å². The van der Waals surface area contributed by atoms with Gasteiger partial charge in [0.15, 0.2) is 0 Å². The van der Waals surface area contributed by atoms with E-state index >= 15 is 0 Å². The molecule has 1 fully saturated rings. The van der Waals surface area contributed by atoms with Gasteiger partial charge >= 0.3 is 0 Å². The van der Waals surface area contributed by atoms with Crippen molar-refractivity contribution >= 4 is 10.2 Å². The Morgan fingerprint density at radius 2 is 2.00 bits per heavy atom. The molecule has 0 aromatic rings. The van der Waals surface area contributed by atoms with Gasteiger partial charge in [0.05, 0.1) is 6.10 Å². The minimum atomic E-state index is -3.34. The van der Waals surface area contributed by atoms with E-state index in [1.807, 2.05) is 0 Å². The van der Waals surface area contributed by atoms with Crippen LogP contribution < -0.4 is 10.0 Å². The molecule has 7 heteroatoms. The molecule has 0 atom stereocenters. The van der Waals surface area contributed by atoms with E-state index < -0.39 is 10.2 Å². The number of ether oxygens (including phenoxy) is 1. The summed E-state index contributed by atoms with van der Waals surface area (Å²) in [7, 11) is -0.0675. The molecule has 0 saturated heterocycles. The van der Waals surface area contributed by atoms with Gasteiger partial charge in [-0.25, -0.2) is 0 Å². The fourth-order valence-electron chi connectivity index (χ4n) is 2.00. The Bertz CT molecular complexity index is 342. The van der Waals surface area contributed by atoms with Gasteiger partial charge in [-0.3, -0.25) is 0 Å². The van der Waals surface area contributed by atoms with Crippen LogP contribution in [0.2, 0.25) is 0 Å². The third-order valence-corrected chi connectivity index (χ3v) is 5.04. The minimum Gasteiger partial charge on any atom is -0.381 e. The molecule has 0 radical (unpaired) electrons. The molecule has 0 heterocycles. The lowest BCUT2D eigenvalue weighted by molar-refractivity contribution is 0.0232. The summed E-state index contributed by atoms with van der Waals surface area (Å²) in [5.74, 6) is 0. The normalized spacial score (nSPS) is 23.6. The van der Waals surface area contributed by atoms with Crippen LogP contribution >= 0.6 is 0 Å². The quantitative estimate of drug-likeness (QED) is 0.569. The van der Waals surface area contributed by atoms with E-state index in [2.05, 4.69) is 17.0 Å². The average molecular weight is 293 g/mol. The van der Waals surface area contributed by atoms with E-state index in [4.69, 9.17) is 4.74 Å². The number of rotatable bonds is 10. The van der Waals surface area contributed by atoms with E-state index in [1.54, 1.807) is 14.2 Å². The summed E-state index contributed by atoms with van der Waals surface area (Å²) in [6.45, 7) is 4.48. The molecule has 0 aliphatic heterocycles. The molecule has 19 heavy (non-hydrogen) atoms. The Morgan fingerprint density at radius 1 is 1.32 bits per heavy atom. The summed E-state index contributed by atoms with van der Waals surface area (Å²) in [6.07, 6.45) is 3.65. The van der Waals surface area contributed by atoms with Crippen molar-refractivity contribution in [3.05, 3.63) is 0 Å². The van der Waals surface area contributed by atoms with Crippen molar-refractivity contribution in [3.8, 4) is 0 Å². The van der Waals surface area contributed by atoms with Gasteiger partial charge in [-0.15, -0.1) is 0 Å². The first-order valence-electron chi connectivity index (χ1n) is 6.96. The number of methoxy groups -OCH3 is 1. The van der Waals surface area contributed by atoms with Crippen molar-refractivity contribution in [2.75, 3.05) is 33.8 Å². The molecular weight excluding hydrogens is 266 g/mol. The number of nitrogens with one attached hydrogen (secondary N) is 2. The molecule has 0 aromatic carbocycles. The van der Waals surface area contributed by atoms with E-state index in [1.165, 1.54) is 4.31 Å². The zero-order valence-corrected chi connectivity index (χ0v) is 13.0. The van der Waals surface area contributed by atoms with Gasteiger partial charge in [0.25, 0.3) is 10.2 Å². The first-order chi connectivity index (χ1) is 8.99. The van der Waals surface area contributed by atoms with Crippen LogP contribution in [0, 0.1) is 0 Å². The molecule has 1 aliphatic rings. The SMILES string of the molecule is CCCNCCCN(C)S(=O)(=O)NC1CC(OC)C1. The zero-order chi connectivity index (χ0) is 14.3. The van der Waals surface area contributed by atoms with E-state index in [0.29, 0.717) is 6.54 Å². The van der Waals surface area contributed by atoms with Crippen molar-refractivity contribution in [1.29, 1.82) is 0 Å². The summed E-state index contributed by atoms with van der Waals surface area (Å²) < 4.78 is 33.2. The molecule has 114 valence electrons. The summed E-state index contributed by atoms with van der Waals surface area (Å²) in [4.78, 5) is 0.